The molecule has 0 saturated carbocycles. The van der Waals surface area contributed by atoms with Gasteiger partial charge in [0.05, 0.1) is 0 Å². The molecule has 0 aromatic heterocycles. The van der Waals surface area contributed by atoms with Crippen LogP contribution < -0.4 is 0 Å². The zero-order valence-corrected chi connectivity index (χ0v) is 7.83. The summed E-state index contributed by atoms with van der Waals surface area (Å²) in [4.78, 5) is 9.94. The van der Waals surface area contributed by atoms with E-state index in [1.165, 1.54) is 6.42 Å². The lowest BCUT2D eigenvalue weighted by Gasteiger charge is -1.85. The Morgan fingerprint density at radius 3 is 2.25 bits per heavy atom. The van der Waals surface area contributed by atoms with Gasteiger partial charge in [0.25, 0.3) is 0 Å². The summed E-state index contributed by atoms with van der Waals surface area (Å²) in [6.45, 7) is 2.16. The van der Waals surface area contributed by atoms with Crippen LogP contribution in [0.1, 0.15) is 39.0 Å². The summed E-state index contributed by atoms with van der Waals surface area (Å²) in [5, 5.41) is 0. The summed E-state index contributed by atoms with van der Waals surface area (Å²) < 4.78 is 0. The minimum absolute atomic E-state index is 0.684. The standard InChI is InChI=1S/C11H18O/c1-2-3-4-5-6-7-8-9-10-11-12/h4-7,11H,2-3,8-10H2,1H3. The second-order valence-corrected chi connectivity index (χ2v) is 2.74. The lowest BCUT2D eigenvalue weighted by molar-refractivity contribution is -0.107. The molecule has 0 bridgehead atoms. The maximum Gasteiger partial charge on any atom is 0.120 e. The van der Waals surface area contributed by atoms with Crippen molar-refractivity contribution < 1.29 is 4.79 Å². The van der Waals surface area contributed by atoms with Gasteiger partial charge >= 0.3 is 0 Å². The van der Waals surface area contributed by atoms with Gasteiger partial charge in [-0.15, -0.1) is 0 Å². The third-order valence-corrected chi connectivity index (χ3v) is 1.53. The van der Waals surface area contributed by atoms with Crippen molar-refractivity contribution in [3.63, 3.8) is 0 Å². The number of carbonyl (C=O) groups excluding carboxylic acids is 1. The van der Waals surface area contributed by atoms with Gasteiger partial charge in [0.2, 0.25) is 0 Å². The van der Waals surface area contributed by atoms with Crippen molar-refractivity contribution in [2.75, 3.05) is 0 Å². The van der Waals surface area contributed by atoms with Crippen LogP contribution in [0, 0.1) is 0 Å². The van der Waals surface area contributed by atoms with Crippen molar-refractivity contribution >= 4 is 6.29 Å². The third kappa shape index (κ3) is 9.15. The number of unbranched alkanes of at least 4 members (excludes halogenated alkanes) is 3. The predicted molar refractivity (Wildman–Crippen MR) is 53.1 cm³/mol. The van der Waals surface area contributed by atoms with E-state index in [1.54, 1.807) is 0 Å². The van der Waals surface area contributed by atoms with Gasteiger partial charge in [-0.05, 0) is 19.3 Å². The van der Waals surface area contributed by atoms with E-state index in [-0.39, 0.29) is 0 Å². The van der Waals surface area contributed by atoms with E-state index in [1.807, 2.05) is 0 Å². The molecule has 12 heavy (non-hydrogen) atoms. The molecule has 0 heterocycles. The Morgan fingerprint density at radius 2 is 1.67 bits per heavy atom. The SMILES string of the molecule is CCCC=CC=CCCCC=O. The summed E-state index contributed by atoms with van der Waals surface area (Å²) in [6, 6.07) is 0. The van der Waals surface area contributed by atoms with Crippen molar-refractivity contribution in [1.29, 1.82) is 0 Å². The second-order valence-electron chi connectivity index (χ2n) is 2.74. The van der Waals surface area contributed by atoms with Crippen LogP contribution >= 0.6 is 0 Å². The first-order chi connectivity index (χ1) is 5.91. The fraction of sp³-hybridized carbons (Fsp3) is 0.545. The zero-order valence-electron chi connectivity index (χ0n) is 7.83. The number of hydrogen-bond acceptors (Lipinski definition) is 1. The third-order valence-electron chi connectivity index (χ3n) is 1.53. The van der Waals surface area contributed by atoms with Crippen LogP contribution in [-0.2, 0) is 4.79 Å². The van der Waals surface area contributed by atoms with Gasteiger partial charge in [0, 0.05) is 6.42 Å². The molecular formula is C11H18O. The van der Waals surface area contributed by atoms with E-state index in [0.29, 0.717) is 6.42 Å². The Balaban J connectivity index is 3.18. The first-order valence-corrected chi connectivity index (χ1v) is 4.67. The molecule has 0 aliphatic heterocycles. The highest BCUT2D eigenvalue weighted by atomic mass is 16.1. The molecule has 0 aromatic rings. The van der Waals surface area contributed by atoms with Gasteiger partial charge in [-0.25, -0.2) is 0 Å². The Morgan fingerprint density at radius 1 is 1.00 bits per heavy atom. The van der Waals surface area contributed by atoms with E-state index >= 15 is 0 Å². The van der Waals surface area contributed by atoms with Crippen molar-refractivity contribution in [2.24, 2.45) is 0 Å². The van der Waals surface area contributed by atoms with Gasteiger partial charge in [0.1, 0.15) is 6.29 Å². The van der Waals surface area contributed by atoms with Crippen LogP contribution in [0.3, 0.4) is 0 Å². The number of aldehydes is 1. The highest BCUT2D eigenvalue weighted by Gasteiger charge is 1.79. The molecule has 0 spiro atoms. The van der Waals surface area contributed by atoms with Crippen LogP contribution in [0.15, 0.2) is 24.3 Å². The van der Waals surface area contributed by atoms with Gasteiger partial charge in [-0.3, -0.25) is 0 Å². The summed E-state index contributed by atoms with van der Waals surface area (Å²) >= 11 is 0. The van der Waals surface area contributed by atoms with Crippen molar-refractivity contribution in [2.45, 2.75) is 39.0 Å². The zero-order chi connectivity index (χ0) is 9.07. The van der Waals surface area contributed by atoms with E-state index in [0.717, 1.165) is 25.5 Å². The highest BCUT2D eigenvalue weighted by Crippen LogP contribution is 1.95. The average Bonchev–Trinajstić information content (AvgIpc) is 2.10. The van der Waals surface area contributed by atoms with E-state index in [4.69, 9.17) is 0 Å². The minimum Gasteiger partial charge on any atom is -0.303 e. The Hall–Kier alpha value is -0.850. The summed E-state index contributed by atoms with van der Waals surface area (Å²) in [5.74, 6) is 0. The van der Waals surface area contributed by atoms with Gasteiger partial charge < -0.3 is 4.79 Å². The van der Waals surface area contributed by atoms with Crippen molar-refractivity contribution in [3.05, 3.63) is 24.3 Å². The molecule has 68 valence electrons. The van der Waals surface area contributed by atoms with Gasteiger partial charge in [-0.2, -0.15) is 0 Å². The first kappa shape index (κ1) is 11.2. The molecule has 0 aliphatic rings. The van der Waals surface area contributed by atoms with Crippen LogP contribution in [0.4, 0.5) is 0 Å². The Labute approximate surface area is 75.2 Å². The minimum atomic E-state index is 0.684. The maximum atomic E-state index is 9.94. The molecule has 0 amide bonds. The molecule has 0 aromatic carbocycles. The van der Waals surface area contributed by atoms with E-state index in [9.17, 15) is 4.79 Å². The lowest BCUT2D eigenvalue weighted by Crippen LogP contribution is -1.72. The first-order valence-electron chi connectivity index (χ1n) is 4.67. The highest BCUT2D eigenvalue weighted by molar-refractivity contribution is 5.49. The fourth-order valence-corrected chi connectivity index (χ4v) is 0.835. The Bertz CT molecular complexity index is 145. The molecular weight excluding hydrogens is 148 g/mol. The van der Waals surface area contributed by atoms with Crippen LogP contribution in [0.25, 0.3) is 0 Å². The van der Waals surface area contributed by atoms with Crippen molar-refractivity contribution in [1.82, 2.24) is 0 Å². The number of allylic oxidation sites excluding steroid dienone is 4. The van der Waals surface area contributed by atoms with Gasteiger partial charge in [0.15, 0.2) is 0 Å². The molecule has 0 radical (unpaired) electrons. The normalized spacial score (nSPS) is 11.4. The number of rotatable bonds is 7. The van der Waals surface area contributed by atoms with E-state index in [2.05, 4.69) is 31.2 Å². The average molecular weight is 166 g/mol. The van der Waals surface area contributed by atoms with E-state index < -0.39 is 0 Å². The summed E-state index contributed by atoms with van der Waals surface area (Å²) in [6.07, 6.45) is 14.4. The molecule has 1 nitrogen and oxygen atoms in total. The monoisotopic (exact) mass is 166 g/mol. The lowest BCUT2D eigenvalue weighted by atomic mass is 10.2. The number of carbonyl (C=O) groups is 1. The van der Waals surface area contributed by atoms with Crippen molar-refractivity contribution in [3.8, 4) is 0 Å². The van der Waals surface area contributed by atoms with Crippen LogP contribution in [-0.4, -0.2) is 6.29 Å². The van der Waals surface area contributed by atoms with Crippen LogP contribution in [0.2, 0.25) is 0 Å². The molecule has 0 fully saturated rings. The molecule has 0 saturated heterocycles. The Kier molecular flexibility index (Phi) is 9.43. The smallest absolute Gasteiger partial charge is 0.120 e. The topological polar surface area (TPSA) is 17.1 Å². The number of hydrogen-bond donors (Lipinski definition) is 0. The quantitative estimate of drug-likeness (QED) is 0.322. The largest absolute Gasteiger partial charge is 0.303 e. The molecule has 0 N–H and O–H groups in total. The summed E-state index contributed by atoms with van der Waals surface area (Å²) in [7, 11) is 0. The molecule has 1 heteroatoms. The maximum absolute atomic E-state index is 9.94. The fourth-order valence-electron chi connectivity index (χ4n) is 0.835. The second kappa shape index (κ2) is 10.2. The predicted octanol–water partition coefficient (Wildman–Crippen LogP) is 3.27. The molecule has 0 unspecified atom stereocenters. The van der Waals surface area contributed by atoms with Crippen LogP contribution in [0.5, 0.6) is 0 Å². The van der Waals surface area contributed by atoms with Gasteiger partial charge in [-0.1, -0.05) is 37.6 Å². The molecule has 0 atom stereocenters. The molecule has 0 rings (SSSR count). The summed E-state index contributed by atoms with van der Waals surface area (Å²) in [5.41, 5.74) is 0. The molecule has 0 aliphatic carbocycles.